The minimum atomic E-state index is -0.505. The molecule has 0 fully saturated rings. The van der Waals surface area contributed by atoms with Gasteiger partial charge in [-0.1, -0.05) is 25.1 Å². The smallest absolute Gasteiger partial charge is 0.269 e. The minimum Gasteiger partial charge on any atom is -0.457 e. The Balaban J connectivity index is 1.37. The van der Waals surface area contributed by atoms with Gasteiger partial charge >= 0.3 is 0 Å². The maximum absolute atomic E-state index is 13.4. The maximum atomic E-state index is 13.4. The molecule has 0 atom stereocenters. The number of benzene rings is 2. The number of carbonyl (C=O) groups is 1. The zero-order valence-corrected chi connectivity index (χ0v) is 20.2. The third-order valence-electron chi connectivity index (χ3n) is 5.66. The Hall–Kier alpha value is -4.98. The second kappa shape index (κ2) is 10.7. The quantitative estimate of drug-likeness (QED) is 0.291. The Bertz CT molecular complexity index is 1600. The van der Waals surface area contributed by atoms with Crippen molar-refractivity contribution in [3.8, 4) is 17.2 Å². The second-order valence-electron chi connectivity index (χ2n) is 8.33. The molecule has 0 aliphatic rings. The molecule has 0 spiro atoms. The molecule has 8 nitrogen and oxygen atoms in total. The van der Waals surface area contributed by atoms with E-state index in [1.54, 1.807) is 54.9 Å². The van der Waals surface area contributed by atoms with Crippen molar-refractivity contribution in [1.29, 1.82) is 0 Å². The van der Waals surface area contributed by atoms with E-state index in [9.17, 15) is 9.59 Å². The second-order valence-corrected chi connectivity index (χ2v) is 8.33. The lowest BCUT2D eigenvalue weighted by Gasteiger charge is -2.13. The predicted molar refractivity (Wildman–Crippen MR) is 145 cm³/mol. The number of hydrogen-bond acceptors (Lipinski definition) is 6. The van der Waals surface area contributed by atoms with Crippen molar-refractivity contribution in [2.24, 2.45) is 0 Å². The van der Waals surface area contributed by atoms with E-state index < -0.39 is 11.5 Å². The normalized spacial score (nSPS) is 10.7. The summed E-state index contributed by atoms with van der Waals surface area (Å²) in [5.74, 6) is 1.50. The number of amides is 1. The summed E-state index contributed by atoms with van der Waals surface area (Å²) in [6, 6.07) is 24.9. The lowest BCUT2D eigenvalue weighted by molar-refractivity contribution is 0.102. The first kappa shape index (κ1) is 23.7. The van der Waals surface area contributed by atoms with Crippen LogP contribution in [0.3, 0.4) is 0 Å². The van der Waals surface area contributed by atoms with Crippen LogP contribution in [0.1, 0.15) is 23.7 Å². The van der Waals surface area contributed by atoms with Crippen LogP contribution >= 0.6 is 0 Å². The van der Waals surface area contributed by atoms with E-state index in [0.717, 1.165) is 18.8 Å². The molecule has 1 amide bonds. The molecule has 0 aliphatic carbocycles. The fraction of sp³-hybridized carbons (Fsp3) is 0.103. The third kappa shape index (κ3) is 5.33. The Kier molecular flexibility index (Phi) is 6.89. The molecule has 184 valence electrons. The number of nitrogens with one attached hydrogen (secondary N) is 2. The average molecular weight is 492 g/mol. The van der Waals surface area contributed by atoms with Crippen LogP contribution in [0.2, 0.25) is 0 Å². The van der Waals surface area contributed by atoms with E-state index in [-0.39, 0.29) is 5.56 Å². The molecule has 5 rings (SSSR count). The number of anilines is 2. The van der Waals surface area contributed by atoms with Crippen LogP contribution < -0.4 is 20.9 Å². The first-order chi connectivity index (χ1) is 18.1. The molecule has 0 bridgehead atoms. The summed E-state index contributed by atoms with van der Waals surface area (Å²) in [7, 11) is 0. The third-order valence-corrected chi connectivity index (χ3v) is 5.66. The molecule has 2 aromatic carbocycles. The SMILES string of the molecule is CCCNc1cc(Oc2ccc(NC(=O)c3cc4cccnc4n(-c4ccccc4)c3=O)cc2)ccn1. The standard InChI is InChI=1S/C29H25N5O3/c1-2-15-30-26-19-24(14-17-31-26)37-23-12-10-21(11-13-23)33-28(35)25-18-20-7-6-16-32-27(20)34(29(25)36)22-8-4-3-5-9-22/h3-14,16-19H,2,15H2,1H3,(H,30,31)(H,33,35). The van der Waals surface area contributed by atoms with Crippen LogP contribution in [0.25, 0.3) is 16.7 Å². The van der Waals surface area contributed by atoms with E-state index in [0.29, 0.717) is 33.9 Å². The molecule has 37 heavy (non-hydrogen) atoms. The first-order valence-electron chi connectivity index (χ1n) is 12.0. The number of hydrogen-bond donors (Lipinski definition) is 2. The molecular weight excluding hydrogens is 466 g/mol. The molecule has 0 aliphatic heterocycles. The lowest BCUT2D eigenvalue weighted by Crippen LogP contribution is -2.29. The van der Waals surface area contributed by atoms with Gasteiger partial charge in [-0.25, -0.2) is 9.97 Å². The Labute approximate surface area is 213 Å². The number of fused-ring (bicyclic) bond motifs is 1. The van der Waals surface area contributed by atoms with Crippen LogP contribution in [0.4, 0.5) is 11.5 Å². The molecular formula is C29H25N5O3. The van der Waals surface area contributed by atoms with Crippen molar-refractivity contribution in [3.63, 3.8) is 0 Å². The fourth-order valence-corrected chi connectivity index (χ4v) is 3.89. The number of pyridine rings is 3. The number of para-hydroxylation sites is 1. The van der Waals surface area contributed by atoms with Gasteiger partial charge in [-0.3, -0.25) is 14.2 Å². The summed E-state index contributed by atoms with van der Waals surface area (Å²) in [6.45, 7) is 2.92. The summed E-state index contributed by atoms with van der Waals surface area (Å²) in [5, 5.41) is 6.73. The Morgan fingerprint density at radius 1 is 0.892 bits per heavy atom. The van der Waals surface area contributed by atoms with Gasteiger partial charge in [0.2, 0.25) is 0 Å². The summed E-state index contributed by atoms with van der Waals surface area (Å²) in [5.41, 5.74) is 1.24. The molecule has 0 unspecified atom stereocenters. The maximum Gasteiger partial charge on any atom is 0.269 e. The number of carbonyl (C=O) groups excluding carboxylic acids is 1. The van der Waals surface area contributed by atoms with Gasteiger partial charge in [-0.05, 0) is 67.1 Å². The van der Waals surface area contributed by atoms with Crippen molar-refractivity contribution in [3.05, 3.63) is 113 Å². The van der Waals surface area contributed by atoms with E-state index in [4.69, 9.17) is 4.74 Å². The fourth-order valence-electron chi connectivity index (χ4n) is 3.89. The summed E-state index contributed by atoms with van der Waals surface area (Å²) in [6.07, 6.45) is 4.30. The van der Waals surface area contributed by atoms with Crippen LogP contribution in [0.15, 0.2) is 102 Å². The number of ether oxygens (including phenoxy) is 1. The molecule has 8 heteroatoms. The van der Waals surface area contributed by atoms with Crippen molar-refractivity contribution >= 4 is 28.4 Å². The van der Waals surface area contributed by atoms with Gasteiger partial charge < -0.3 is 15.4 Å². The van der Waals surface area contributed by atoms with Gasteiger partial charge in [-0.2, -0.15) is 0 Å². The van der Waals surface area contributed by atoms with Gasteiger partial charge in [0.15, 0.2) is 0 Å². The number of nitrogens with zero attached hydrogens (tertiary/aromatic N) is 3. The van der Waals surface area contributed by atoms with Gasteiger partial charge in [-0.15, -0.1) is 0 Å². The van der Waals surface area contributed by atoms with Crippen molar-refractivity contribution in [2.45, 2.75) is 13.3 Å². The van der Waals surface area contributed by atoms with E-state index in [1.165, 1.54) is 4.57 Å². The van der Waals surface area contributed by atoms with Gasteiger partial charge in [0.1, 0.15) is 28.5 Å². The molecule has 0 saturated carbocycles. The van der Waals surface area contributed by atoms with Crippen molar-refractivity contribution in [2.75, 3.05) is 17.2 Å². The van der Waals surface area contributed by atoms with E-state index in [1.807, 2.05) is 42.5 Å². The predicted octanol–water partition coefficient (Wildman–Crippen LogP) is 5.65. The summed E-state index contributed by atoms with van der Waals surface area (Å²) >= 11 is 0. The zero-order chi connectivity index (χ0) is 25.6. The molecule has 3 heterocycles. The highest BCUT2D eigenvalue weighted by molar-refractivity contribution is 6.05. The van der Waals surface area contributed by atoms with Gasteiger partial charge in [0, 0.05) is 36.1 Å². The molecule has 2 N–H and O–H groups in total. The van der Waals surface area contributed by atoms with Crippen molar-refractivity contribution < 1.29 is 9.53 Å². The van der Waals surface area contributed by atoms with E-state index >= 15 is 0 Å². The Morgan fingerprint density at radius 3 is 2.49 bits per heavy atom. The first-order valence-corrected chi connectivity index (χ1v) is 12.0. The largest absolute Gasteiger partial charge is 0.457 e. The van der Waals surface area contributed by atoms with E-state index in [2.05, 4.69) is 27.5 Å². The zero-order valence-electron chi connectivity index (χ0n) is 20.2. The van der Waals surface area contributed by atoms with Gasteiger partial charge in [0.25, 0.3) is 11.5 Å². The van der Waals surface area contributed by atoms with Crippen LogP contribution in [0, 0.1) is 0 Å². The number of aromatic nitrogens is 3. The van der Waals surface area contributed by atoms with Crippen LogP contribution in [0.5, 0.6) is 11.5 Å². The Morgan fingerprint density at radius 2 is 1.70 bits per heavy atom. The average Bonchev–Trinajstić information content (AvgIpc) is 2.93. The van der Waals surface area contributed by atoms with Crippen molar-refractivity contribution in [1.82, 2.24) is 14.5 Å². The highest BCUT2D eigenvalue weighted by atomic mass is 16.5. The molecule has 3 aromatic heterocycles. The van der Waals surface area contributed by atoms with Crippen LogP contribution in [-0.2, 0) is 0 Å². The topological polar surface area (TPSA) is 98.1 Å². The molecule has 5 aromatic rings. The van der Waals surface area contributed by atoms with Crippen LogP contribution in [-0.4, -0.2) is 27.0 Å². The lowest BCUT2D eigenvalue weighted by atomic mass is 10.1. The molecule has 0 saturated heterocycles. The highest BCUT2D eigenvalue weighted by Gasteiger charge is 2.17. The summed E-state index contributed by atoms with van der Waals surface area (Å²) < 4.78 is 7.38. The monoisotopic (exact) mass is 491 g/mol. The van der Waals surface area contributed by atoms with Gasteiger partial charge in [0.05, 0.1) is 5.69 Å². The molecule has 0 radical (unpaired) electrons. The summed E-state index contributed by atoms with van der Waals surface area (Å²) in [4.78, 5) is 35.2. The highest BCUT2D eigenvalue weighted by Crippen LogP contribution is 2.25. The minimum absolute atomic E-state index is 0.0218. The number of rotatable bonds is 8.